The van der Waals surface area contributed by atoms with Crippen molar-refractivity contribution < 1.29 is 19.1 Å². The molecule has 7 heteroatoms. The van der Waals surface area contributed by atoms with Crippen LogP contribution in [0.1, 0.15) is 19.6 Å². The smallest absolute Gasteiger partial charge is 0.343 e. The van der Waals surface area contributed by atoms with E-state index in [1.807, 2.05) is 0 Å². The summed E-state index contributed by atoms with van der Waals surface area (Å²) in [7, 11) is 0. The molecule has 1 aliphatic rings. The van der Waals surface area contributed by atoms with Crippen LogP contribution in [0.15, 0.2) is 56.8 Å². The highest BCUT2D eigenvalue weighted by atomic mass is 35.5. The predicted molar refractivity (Wildman–Crippen MR) is 102 cm³/mol. The maximum Gasteiger partial charge on any atom is 0.343 e. The Kier molecular flexibility index (Phi) is 5.20. The Bertz CT molecular complexity index is 949. The summed E-state index contributed by atoms with van der Waals surface area (Å²) in [5.41, 5.74) is 1.41. The van der Waals surface area contributed by atoms with Gasteiger partial charge in [0.05, 0.1) is 12.3 Å². The normalized spacial score (nSPS) is 15.5. The van der Waals surface area contributed by atoms with Crippen molar-refractivity contribution in [2.24, 2.45) is 4.99 Å². The lowest BCUT2D eigenvalue weighted by molar-refractivity contribution is -0.138. The van der Waals surface area contributed by atoms with Gasteiger partial charge in [0.15, 0.2) is 5.76 Å². The van der Waals surface area contributed by atoms with Gasteiger partial charge in [-0.25, -0.2) is 9.79 Å². The zero-order valence-electron chi connectivity index (χ0n) is 14.0. The summed E-state index contributed by atoms with van der Waals surface area (Å²) in [6.07, 6.45) is 1.54. The van der Waals surface area contributed by atoms with Gasteiger partial charge < -0.3 is 14.3 Å². The fourth-order valence-corrected chi connectivity index (χ4v) is 3.08. The van der Waals surface area contributed by atoms with Crippen LogP contribution in [0.2, 0.25) is 10.0 Å². The fraction of sp³-hybridized carbons (Fsp3) is 0.158. The molecule has 0 spiro atoms. The molecule has 1 aromatic heterocycles. The number of rotatable bonds is 4. The van der Waals surface area contributed by atoms with E-state index in [0.29, 0.717) is 27.3 Å². The Morgan fingerprint density at radius 2 is 1.96 bits per heavy atom. The van der Waals surface area contributed by atoms with E-state index in [-0.39, 0.29) is 23.6 Å². The quantitative estimate of drug-likeness (QED) is 0.703. The summed E-state index contributed by atoms with van der Waals surface area (Å²) in [5.74, 6) is 0.182. The predicted octanol–water partition coefficient (Wildman–Crippen LogP) is 5.44. The molecule has 0 saturated heterocycles. The second-order valence-electron chi connectivity index (χ2n) is 5.53. The molecule has 5 nitrogen and oxygen atoms in total. The van der Waals surface area contributed by atoms with Gasteiger partial charge in [0, 0.05) is 21.7 Å². The minimum absolute atomic E-state index is 0.0616. The lowest BCUT2D eigenvalue weighted by Gasteiger charge is -2.02. The number of aliphatic imine (C=N–C) groups is 1. The number of nitrogens with zero attached hydrogens (tertiary/aromatic N) is 1. The number of carbonyl (C=O) groups excluding carboxylic acids is 1. The van der Waals surface area contributed by atoms with Crippen LogP contribution in [0.5, 0.6) is 0 Å². The molecule has 2 heterocycles. The van der Waals surface area contributed by atoms with E-state index in [2.05, 4.69) is 4.99 Å². The van der Waals surface area contributed by atoms with E-state index in [1.165, 1.54) is 0 Å². The summed E-state index contributed by atoms with van der Waals surface area (Å²) >= 11 is 12.0. The molecule has 1 aromatic carbocycles. The molecule has 0 unspecified atom stereocenters. The average Bonchev–Trinajstić information content (AvgIpc) is 3.12. The van der Waals surface area contributed by atoms with E-state index in [9.17, 15) is 9.90 Å². The molecule has 0 amide bonds. The van der Waals surface area contributed by atoms with Gasteiger partial charge in [0.25, 0.3) is 0 Å². The van der Waals surface area contributed by atoms with Crippen molar-refractivity contribution in [1.29, 1.82) is 0 Å². The minimum atomic E-state index is -0.608. The summed E-state index contributed by atoms with van der Waals surface area (Å²) in [4.78, 5) is 16.1. The molecule has 0 radical (unpaired) electrons. The van der Waals surface area contributed by atoms with Crippen molar-refractivity contribution in [3.05, 3.63) is 63.2 Å². The molecule has 1 aliphatic heterocycles. The summed E-state index contributed by atoms with van der Waals surface area (Å²) < 4.78 is 10.7. The summed E-state index contributed by atoms with van der Waals surface area (Å²) in [5, 5.41) is 11.3. The average molecular weight is 392 g/mol. The van der Waals surface area contributed by atoms with Crippen LogP contribution in [0.3, 0.4) is 0 Å². The molecule has 0 atom stereocenters. The number of esters is 1. The number of benzene rings is 1. The van der Waals surface area contributed by atoms with Crippen molar-refractivity contribution in [2.45, 2.75) is 13.8 Å². The number of halogens is 2. The zero-order chi connectivity index (χ0) is 18.8. The number of ether oxygens (including phenoxy) is 1. The molecule has 134 valence electrons. The molecule has 0 saturated carbocycles. The number of carbonyl (C=O) groups is 1. The lowest BCUT2D eigenvalue weighted by atomic mass is 10.1. The van der Waals surface area contributed by atoms with Crippen molar-refractivity contribution in [1.82, 2.24) is 0 Å². The third-order valence-corrected chi connectivity index (χ3v) is 4.10. The van der Waals surface area contributed by atoms with E-state index in [0.717, 1.165) is 5.56 Å². The highest BCUT2D eigenvalue weighted by Gasteiger charge is 2.27. The highest BCUT2D eigenvalue weighted by Crippen LogP contribution is 2.31. The standard InChI is InChI=1S/C19H15Cl2NO4/c1-3-25-19(24)17-10(2)22-15(18(17)23)9-14-4-5-16(26-14)11-6-12(20)8-13(21)7-11/h4-9,23H,3H2,1-2H3. The first-order valence-electron chi connectivity index (χ1n) is 7.83. The first kappa shape index (κ1) is 18.3. The third-order valence-electron chi connectivity index (χ3n) is 3.66. The largest absolute Gasteiger partial charge is 0.505 e. The summed E-state index contributed by atoms with van der Waals surface area (Å²) in [6.45, 7) is 3.54. The molecule has 0 bridgehead atoms. The van der Waals surface area contributed by atoms with Crippen LogP contribution >= 0.6 is 23.2 Å². The second-order valence-corrected chi connectivity index (χ2v) is 6.40. The SMILES string of the molecule is CCOC(=O)C1=C(O)C(=Cc2ccc(-c3cc(Cl)cc(Cl)c3)o2)N=C1C. The Labute approximate surface area is 160 Å². The second kappa shape index (κ2) is 7.40. The monoisotopic (exact) mass is 391 g/mol. The molecular formula is C19H15Cl2NO4. The Balaban J connectivity index is 1.92. The van der Waals surface area contributed by atoms with Crippen LogP contribution in [0.4, 0.5) is 0 Å². The van der Waals surface area contributed by atoms with Gasteiger partial charge in [0.1, 0.15) is 22.8 Å². The first-order valence-corrected chi connectivity index (χ1v) is 8.59. The Morgan fingerprint density at radius 1 is 1.27 bits per heavy atom. The van der Waals surface area contributed by atoms with Gasteiger partial charge in [-0.05, 0) is 44.2 Å². The molecule has 0 fully saturated rings. The number of aliphatic hydroxyl groups excluding tert-OH is 1. The van der Waals surface area contributed by atoms with E-state index >= 15 is 0 Å². The van der Waals surface area contributed by atoms with Gasteiger partial charge in [-0.15, -0.1) is 0 Å². The maximum atomic E-state index is 11.9. The van der Waals surface area contributed by atoms with E-state index < -0.39 is 5.97 Å². The first-order chi connectivity index (χ1) is 12.4. The molecular weight excluding hydrogens is 377 g/mol. The summed E-state index contributed by atoms with van der Waals surface area (Å²) in [6, 6.07) is 8.58. The molecule has 1 N–H and O–H groups in total. The minimum Gasteiger partial charge on any atom is -0.505 e. The number of hydrogen-bond acceptors (Lipinski definition) is 5. The van der Waals surface area contributed by atoms with Crippen LogP contribution in [-0.2, 0) is 9.53 Å². The molecule has 2 aromatic rings. The van der Waals surface area contributed by atoms with Crippen LogP contribution < -0.4 is 0 Å². The Morgan fingerprint density at radius 3 is 2.62 bits per heavy atom. The van der Waals surface area contributed by atoms with Crippen molar-refractivity contribution in [3.63, 3.8) is 0 Å². The molecule has 0 aliphatic carbocycles. The highest BCUT2D eigenvalue weighted by molar-refractivity contribution is 6.35. The fourth-order valence-electron chi connectivity index (χ4n) is 2.55. The van der Waals surface area contributed by atoms with Gasteiger partial charge in [-0.1, -0.05) is 23.2 Å². The van der Waals surface area contributed by atoms with Gasteiger partial charge in [0.2, 0.25) is 0 Å². The van der Waals surface area contributed by atoms with Crippen molar-refractivity contribution >= 4 is 41.0 Å². The number of hydrogen-bond donors (Lipinski definition) is 1. The maximum absolute atomic E-state index is 11.9. The molecule has 26 heavy (non-hydrogen) atoms. The zero-order valence-corrected chi connectivity index (χ0v) is 15.6. The number of furan rings is 1. The van der Waals surface area contributed by atoms with Crippen molar-refractivity contribution in [2.75, 3.05) is 6.61 Å². The van der Waals surface area contributed by atoms with Crippen LogP contribution in [0, 0.1) is 0 Å². The van der Waals surface area contributed by atoms with E-state index in [4.69, 9.17) is 32.4 Å². The van der Waals surface area contributed by atoms with E-state index in [1.54, 1.807) is 50.3 Å². The Hall–Kier alpha value is -2.50. The van der Waals surface area contributed by atoms with Crippen LogP contribution in [0.25, 0.3) is 17.4 Å². The van der Waals surface area contributed by atoms with Gasteiger partial charge >= 0.3 is 5.97 Å². The van der Waals surface area contributed by atoms with Crippen molar-refractivity contribution in [3.8, 4) is 11.3 Å². The third kappa shape index (κ3) is 3.69. The van der Waals surface area contributed by atoms with Crippen LogP contribution in [-0.4, -0.2) is 23.4 Å². The topological polar surface area (TPSA) is 72.0 Å². The lowest BCUT2D eigenvalue weighted by Crippen LogP contribution is -2.13. The molecule has 3 rings (SSSR count). The van der Waals surface area contributed by atoms with Gasteiger partial charge in [-0.3, -0.25) is 0 Å². The van der Waals surface area contributed by atoms with Gasteiger partial charge in [-0.2, -0.15) is 0 Å². The number of aliphatic hydroxyl groups is 1.